The zero-order chi connectivity index (χ0) is 13.2. The van der Waals surface area contributed by atoms with Gasteiger partial charge in [-0.15, -0.1) is 0 Å². The number of hydrogen-bond acceptors (Lipinski definition) is 2. The van der Waals surface area contributed by atoms with Gasteiger partial charge in [0, 0.05) is 8.90 Å². The highest BCUT2D eigenvalue weighted by Crippen LogP contribution is 2.32. The summed E-state index contributed by atoms with van der Waals surface area (Å²) in [5.41, 5.74) is 0.208. The number of hydrogen-bond donors (Lipinski definition) is 2. The highest BCUT2D eigenvalue weighted by atomic mass is 127. The van der Waals surface area contributed by atoms with Crippen molar-refractivity contribution >= 4 is 44.4 Å². The molecule has 0 saturated heterocycles. The molecule has 0 unspecified atom stereocenters. The first-order valence-corrected chi connectivity index (χ1v) is 8.13. The number of phenols is 1. The molecule has 98 valence electrons. The van der Waals surface area contributed by atoms with Gasteiger partial charge in [-0.1, -0.05) is 28.8 Å². The average molecular weight is 424 g/mol. The van der Waals surface area contributed by atoms with E-state index < -0.39 is 0 Å². The first kappa shape index (κ1) is 14.1. The summed E-state index contributed by atoms with van der Waals surface area (Å²) in [4.78, 5) is 12.2. The van der Waals surface area contributed by atoms with Crippen LogP contribution in [0.5, 0.6) is 5.75 Å². The Balaban J connectivity index is 2.18. The fraction of sp³-hybridized carbons (Fsp3) is 0.462. The highest BCUT2D eigenvalue weighted by molar-refractivity contribution is 14.1. The second-order valence-electron chi connectivity index (χ2n) is 4.74. The lowest BCUT2D eigenvalue weighted by Crippen LogP contribution is -2.47. The van der Waals surface area contributed by atoms with Gasteiger partial charge >= 0.3 is 0 Å². The Morgan fingerprint density at radius 2 is 2.11 bits per heavy atom. The van der Waals surface area contributed by atoms with Gasteiger partial charge in [-0.05, 0) is 53.6 Å². The molecule has 0 heterocycles. The molecule has 18 heavy (non-hydrogen) atoms. The topological polar surface area (TPSA) is 49.3 Å². The SMILES string of the molecule is O=C(NC1(CBr)CCCC1)c1cc(I)ccc1O. The van der Waals surface area contributed by atoms with Gasteiger partial charge in [-0.2, -0.15) is 0 Å². The van der Waals surface area contributed by atoms with Crippen molar-refractivity contribution in [2.45, 2.75) is 31.2 Å². The number of rotatable bonds is 3. The lowest BCUT2D eigenvalue weighted by molar-refractivity contribution is 0.0907. The molecule has 3 nitrogen and oxygen atoms in total. The van der Waals surface area contributed by atoms with Crippen molar-refractivity contribution in [1.29, 1.82) is 0 Å². The number of nitrogens with one attached hydrogen (secondary N) is 1. The van der Waals surface area contributed by atoms with Crippen LogP contribution in [0, 0.1) is 3.57 Å². The molecule has 0 radical (unpaired) electrons. The van der Waals surface area contributed by atoms with E-state index in [9.17, 15) is 9.90 Å². The number of carbonyl (C=O) groups excluding carboxylic acids is 1. The summed E-state index contributed by atoms with van der Waals surface area (Å²) in [6.45, 7) is 0. The molecule has 1 saturated carbocycles. The molecule has 1 amide bonds. The third-order valence-electron chi connectivity index (χ3n) is 3.40. The number of alkyl halides is 1. The molecule has 5 heteroatoms. The maximum absolute atomic E-state index is 12.2. The van der Waals surface area contributed by atoms with E-state index in [1.54, 1.807) is 18.2 Å². The van der Waals surface area contributed by atoms with Gasteiger partial charge in [0.05, 0.1) is 11.1 Å². The maximum atomic E-state index is 12.2. The van der Waals surface area contributed by atoms with Gasteiger partial charge < -0.3 is 10.4 Å². The first-order valence-electron chi connectivity index (χ1n) is 5.93. The van der Waals surface area contributed by atoms with Crippen LogP contribution in [0.1, 0.15) is 36.0 Å². The minimum absolute atomic E-state index is 0.0376. The standard InChI is InChI=1S/C13H15BrINO2/c14-8-13(5-1-2-6-13)16-12(18)10-7-9(15)3-4-11(10)17/h3-4,7,17H,1-2,5-6,8H2,(H,16,18). The van der Waals surface area contributed by atoms with Crippen LogP contribution in [0.4, 0.5) is 0 Å². The van der Waals surface area contributed by atoms with Gasteiger partial charge in [0.1, 0.15) is 5.75 Å². The molecule has 2 rings (SSSR count). The minimum Gasteiger partial charge on any atom is -0.507 e. The Morgan fingerprint density at radius 1 is 1.44 bits per heavy atom. The van der Waals surface area contributed by atoms with Crippen LogP contribution < -0.4 is 5.32 Å². The Morgan fingerprint density at radius 3 is 2.72 bits per heavy atom. The third kappa shape index (κ3) is 2.99. The molecular weight excluding hydrogens is 409 g/mol. The molecule has 0 aliphatic heterocycles. The van der Waals surface area contributed by atoms with Gasteiger partial charge in [0.15, 0.2) is 0 Å². The van der Waals surface area contributed by atoms with E-state index in [2.05, 4.69) is 43.8 Å². The van der Waals surface area contributed by atoms with Crippen molar-refractivity contribution in [2.24, 2.45) is 0 Å². The van der Waals surface area contributed by atoms with E-state index in [-0.39, 0.29) is 17.2 Å². The summed E-state index contributed by atoms with van der Waals surface area (Å²) in [7, 11) is 0. The van der Waals surface area contributed by atoms with Crippen LogP contribution in [0.3, 0.4) is 0 Å². The van der Waals surface area contributed by atoms with Gasteiger partial charge in [0.25, 0.3) is 5.91 Å². The van der Waals surface area contributed by atoms with Crippen molar-refractivity contribution in [3.05, 3.63) is 27.3 Å². The summed E-state index contributed by atoms with van der Waals surface area (Å²) in [5, 5.41) is 13.6. The van der Waals surface area contributed by atoms with Crippen molar-refractivity contribution < 1.29 is 9.90 Å². The molecule has 0 spiro atoms. The largest absolute Gasteiger partial charge is 0.507 e. The van der Waals surface area contributed by atoms with Crippen molar-refractivity contribution in [3.8, 4) is 5.75 Å². The number of carbonyl (C=O) groups is 1. The van der Waals surface area contributed by atoms with E-state index in [1.165, 1.54) is 0 Å². The number of aromatic hydroxyl groups is 1. The Labute approximate surface area is 129 Å². The Hall–Kier alpha value is -0.300. The molecule has 1 fully saturated rings. The molecule has 2 N–H and O–H groups in total. The quantitative estimate of drug-likeness (QED) is 0.578. The fourth-order valence-electron chi connectivity index (χ4n) is 2.34. The lowest BCUT2D eigenvalue weighted by atomic mass is 10.00. The average Bonchev–Trinajstić information content (AvgIpc) is 2.81. The highest BCUT2D eigenvalue weighted by Gasteiger charge is 2.34. The van der Waals surface area contributed by atoms with Crippen LogP contribution >= 0.6 is 38.5 Å². The van der Waals surface area contributed by atoms with Crippen LogP contribution in [0.25, 0.3) is 0 Å². The molecule has 1 aliphatic rings. The summed E-state index contributed by atoms with van der Waals surface area (Å²) in [6.07, 6.45) is 4.28. The second-order valence-corrected chi connectivity index (χ2v) is 6.54. The number of amides is 1. The zero-order valence-corrected chi connectivity index (χ0v) is 13.6. The molecular formula is C13H15BrINO2. The molecule has 0 bridgehead atoms. The molecule has 1 aromatic rings. The van der Waals surface area contributed by atoms with E-state index in [0.717, 1.165) is 34.6 Å². The number of halogens is 2. The second kappa shape index (κ2) is 5.77. The molecule has 1 aliphatic carbocycles. The molecule has 0 aromatic heterocycles. The van der Waals surface area contributed by atoms with E-state index in [0.29, 0.717) is 5.56 Å². The van der Waals surface area contributed by atoms with Crippen molar-refractivity contribution in [3.63, 3.8) is 0 Å². The van der Waals surface area contributed by atoms with Crippen LogP contribution in [-0.4, -0.2) is 21.9 Å². The summed E-state index contributed by atoms with van der Waals surface area (Å²) in [5.74, 6) is -0.150. The van der Waals surface area contributed by atoms with Gasteiger partial charge in [0.2, 0.25) is 0 Å². The van der Waals surface area contributed by atoms with Gasteiger partial charge in [-0.25, -0.2) is 0 Å². The summed E-state index contributed by atoms with van der Waals surface area (Å²) < 4.78 is 0.940. The van der Waals surface area contributed by atoms with E-state index in [1.807, 2.05) is 0 Å². The zero-order valence-electron chi connectivity index (χ0n) is 9.88. The minimum atomic E-state index is -0.188. The predicted octanol–water partition coefficient (Wildman–Crippen LogP) is 3.43. The van der Waals surface area contributed by atoms with E-state index >= 15 is 0 Å². The smallest absolute Gasteiger partial charge is 0.255 e. The van der Waals surface area contributed by atoms with Crippen LogP contribution in [-0.2, 0) is 0 Å². The van der Waals surface area contributed by atoms with Crippen molar-refractivity contribution in [1.82, 2.24) is 5.32 Å². The Bertz CT molecular complexity index is 458. The summed E-state index contributed by atoms with van der Waals surface area (Å²) >= 11 is 5.62. The fourth-order valence-corrected chi connectivity index (χ4v) is 3.53. The normalized spacial score (nSPS) is 17.7. The van der Waals surface area contributed by atoms with Crippen LogP contribution in [0.2, 0.25) is 0 Å². The third-order valence-corrected chi connectivity index (χ3v) is 5.14. The number of phenolic OH excluding ortho intramolecular Hbond substituents is 1. The lowest BCUT2D eigenvalue weighted by Gasteiger charge is -2.28. The monoisotopic (exact) mass is 423 g/mol. The maximum Gasteiger partial charge on any atom is 0.255 e. The Kier molecular flexibility index (Phi) is 4.53. The van der Waals surface area contributed by atoms with Gasteiger partial charge in [-0.3, -0.25) is 4.79 Å². The van der Waals surface area contributed by atoms with E-state index in [4.69, 9.17) is 0 Å². The molecule has 0 atom stereocenters. The van der Waals surface area contributed by atoms with Crippen molar-refractivity contribution in [2.75, 3.05) is 5.33 Å². The molecule has 1 aromatic carbocycles. The van der Waals surface area contributed by atoms with Crippen LogP contribution in [0.15, 0.2) is 18.2 Å². The first-order chi connectivity index (χ1) is 8.56. The summed E-state index contributed by atoms with van der Waals surface area (Å²) in [6, 6.07) is 5.05. The predicted molar refractivity (Wildman–Crippen MR) is 83.3 cm³/mol. The number of benzene rings is 1.